The molecule has 0 fully saturated rings. The third-order valence-corrected chi connectivity index (χ3v) is 0. The van der Waals surface area contributed by atoms with Crippen molar-refractivity contribution in [1.29, 1.82) is 0 Å². The molecule has 0 atom stereocenters. The number of rotatable bonds is 0. The molecule has 0 aromatic rings. The van der Waals surface area contributed by atoms with Crippen molar-refractivity contribution in [2.24, 2.45) is 0 Å². The first-order valence-electron chi connectivity index (χ1n) is 0. The summed E-state index contributed by atoms with van der Waals surface area (Å²) in [5.41, 5.74) is 0. The van der Waals surface area contributed by atoms with Crippen molar-refractivity contribution in [2.75, 3.05) is 0 Å². The normalized spacial score (nSPS) is 0. The molecule has 0 aliphatic rings. The van der Waals surface area contributed by atoms with Crippen molar-refractivity contribution in [1.82, 2.24) is 0 Å². The van der Waals surface area contributed by atoms with E-state index in [1.165, 1.54) is 0 Å². The summed E-state index contributed by atoms with van der Waals surface area (Å²) in [6.45, 7) is 0. The smallest absolute Gasteiger partial charge is 0 e. The molecule has 5 heteroatoms. The van der Waals surface area contributed by atoms with Gasteiger partial charge in [-0.2, -0.15) is 0 Å². The van der Waals surface area contributed by atoms with Crippen molar-refractivity contribution < 1.29 is 78.7 Å². The third kappa shape index (κ3) is 24.1. The van der Waals surface area contributed by atoms with Crippen LogP contribution in [0.4, 0.5) is 0 Å². The first kappa shape index (κ1) is 63.5. The van der Waals surface area contributed by atoms with E-state index in [1.54, 1.807) is 0 Å². The summed E-state index contributed by atoms with van der Waals surface area (Å²) in [7, 11) is 0. The Balaban J connectivity index is 0. The summed E-state index contributed by atoms with van der Waals surface area (Å²) in [4.78, 5) is 0. The molecule has 0 spiro atoms. The van der Waals surface area contributed by atoms with Gasteiger partial charge in [0.05, 0.1) is 0 Å². The van der Waals surface area contributed by atoms with Crippen LogP contribution in [0.1, 0.15) is 0 Å². The molecule has 0 amide bonds. The van der Waals surface area contributed by atoms with Gasteiger partial charge in [0.2, 0.25) is 0 Å². The maximum Gasteiger partial charge on any atom is 0 e. The van der Waals surface area contributed by atoms with Gasteiger partial charge < -0.3 is 16.4 Å². The Morgan fingerprint density at radius 3 is 0.400 bits per heavy atom. The van der Waals surface area contributed by atoms with E-state index in [0.29, 0.717) is 0 Å². The van der Waals surface area contributed by atoms with E-state index in [9.17, 15) is 0 Å². The molecule has 0 saturated carbocycles. The molecule has 0 aromatic carbocycles. The molecule has 32 valence electrons. The fourth-order valence-electron chi connectivity index (χ4n) is 0. The molecule has 3 nitrogen and oxygen atoms in total. The van der Waals surface area contributed by atoms with Crippen LogP contribution in [0.15, 0.2) is 0 Å². The second-order valence-corrected chi connectivity index (χ2v) is 0. The largest absolute Gasteiger partial charge is 2.00 e. The molecule has 0 saturated heterocycles. The van der Waals surface area contributed by atoms with Gasteiger partial charge in [0, 0.05) is 62.2 Å². The van der Waals surface area contributed by atoms with Crippen LogP contribution in [0.3, 0.4) is 0 Å². The quantitative estimate of drug-likeness (QED) is 0.415. The van der Waals surface area contributed by atoms with E-state index in [-0.39, 0.29) is 78.7 Å². The molecular weight excluding hydrogens is 524 g/mol. The maximum absolute atomic E-state index is 0. The van der Waals surface area contributed by atoms with Gasteiger partial charge in [-0.3, -0.25) is 0 Å². The Hall–Kier alpha value is 1.98. The number of hydrogen-bond donors (Lipinski definition) is 0. The molecular formula is O3U2-6. The fraction of sp³-hybridized carbons (Fsp3) is 0. The van der Waals surface area contributed by atoms with Crippen LogP contribution in [-0.4, -0.2) is 0 Å². The van der Waals surface area contributed by atoms with Gasteiger partial charge in [0.1, 0.15) is 0 Å². The van der Waals surface area contributed by atoms with Crippen molar-refractivity contribution >= 4 is 0 Å². The maximum atomic E-state index is 0. The molecule has 0 aromatic heterocycles. The zero-order valence-corrected chi connectivity index (χ0v) is 10.6. The minimum absolute atomic E-state index is 0. The standard InChI is InChI=1S/3O.2U/q3*-2;;. The second kappa shape index (κ2) is 37.8. The first-order valence-corrected chi connectivity index (χ1v) is 0. The monoisotopic (exact) mass is 524 g/mol. The van der Waals surface area contributed by atoms with Gasteiger partial charge in [-0.25, -0.2) is 0 Å². The molecule has 5 heavy (non-hydrogen) atoms. The van der Waals surface area contributed by atoms with Crippen molar-refractivity contribution in [3.05, 3.63) is 0 Å². The Bertz CT molecular complexity index is 4.85. The third-order valence-electron chi connectivity index (χ3n) is 0. The molecule has 0 N–H and O–H groups in total. The van der Waals surface area contributed by atoms with Crippen LogP contribution in [0.2, 0.25) is 0 Å². The molecule has 0 radical (unpaired) electrons. The van der Waals surface area contributed by atoms with E-state index >= 15 is 0 Å². The molecule has 0 unspecified atom stereocenters. The summed E-state index contributed by atoms with van der Waals surface area (Å²) < 4.78 is 0. The molecule has 0 aliphatic heterocycles. The fourth-order valence-corrected chi connectivity index (χ4v) is 0. The van der Waals surface area contributed by atoms with Crippen molar-refractivity contribution in [3.63, 3.8) is 0 Å². The van der Waals surface area contributed by atoms with E-state index in [4.69, 9.17) is 0 Å². The Morgan fingerprint density at radius 1 is 0.400 bits per heavy atom. The van der Waals surface area contributed by atoms with Crippen LogP contribution in [0.5, 0.6) is 0 Å². The molecule has 0 aliphatic carbocycles. The van der Waals surface area contributed by atoms with Crippen LogP contribution < -0.4 is 0 Å². The Labute approximate surface area is 77.6 Å². The molecule has 0 heterocycles. The van der Waals surface area contributed by atoms with Crippen molar-refractivity contribution in [2.45, 2.75) is 0 Å². The van der Waals surface area contributed by atoms with E-state index in [0.717, 1.165) is 0 Å². The van der Waals surface area contributed by atoms with Gasteiger partial charge >= 0.3 is 0 Å². The van der Waals surface area contributed by atoms with E-state index < -0.39 is 0 Å². The van der Waals surface area contributed by atoms with Crippen LogP contribution in [0.25, 0.3) is 0 Å². The van der Waals surface area contributed by atoms with Crippen molar-refractivity contribution in [3.8, 4) is 0 Å². The predicted molar refractivity (Wildman–Crippen MR) is 2.06 cm³/mol. The minimum Gasteiger partial charge on any atom is -2.00 e. The van der Waals surface area contributed by atoms with Gasteiger partial charge in [-0.15, -0.1) is 0 Å². The summed E-state index contributed by atoms with van der Waals surface area (Å²) in [5.74, 6) is 0. The van der Waals surface area contributed by atoms with Gasteiger partial charge in [-0.1, -0.05) is 0 Å². The average Bonchev–Trinajstić information content (AvgIpc) is 0. The van der Waals surface area contributed by atoms with Crippen LogP contribution in [-0.2, 0) is 16.4 Å². The average molecular weight is 524 g/mol. The zero-order valence-electron chi connectivity index (χ0n) is 2.22. The first-order chi connectivity index (χ1) is 0. The Morgan fingerprint density at radius 2 is 0.400 bits per heavy atom. The van der Waals surface area contributed by atoms with Crippen LogP contribution >= 0.6 is 0 Å². The summed E-state index contributed by atoms with van der Waals surface area (Å²) in [5, 5.41) is 0. The SMILES string of the molecule is [O-2].[O-2].[O-2].[U].[U]. The minimum atomic E-state index is 0. The summed E-state index contributed by atoms with van der Waals surface area (Å²) >= 11 is 0. The Kier molecular flexibility index (Phi) is 480. The topological polar surface area (TPSA) is 85.5 Å². The molecule has 0 bridgehead atoms. The summed E-state index contributed by atoms with van der Waals surface area (Å²) in [6.07, 6.45) is 0. The van der Waals surface area contributed by atoms with Gasteiger partial charge in [0.15, 0.2) is 0 Å². The number of hydrogen-bond acceptors (Lipinski definition) is 0. The van der Waals surface area contributed by atoms with E-state index in [2.05, 4.69) is 0 Å². The molecule has 0 rings (SSSR count). The summed E-state index contributed by atoms with van der Waals surface area (Å²) in [6, 6.07) is 0. The second-order valence-electron chi connectivity index (χ2n) is 0. The van der Waals surface area contributed by atoms with E-state index in [1.807, 2.05) is 0 Å². The predicted octanol–water partition coefficient (Wildman–Crippen LogP) is -0.356. The van der Waals surface area contributed by atoms with Gasteiger partial charge in [0.25, 0.3) is 0 Å². The van der Waals surface area contributed by atoms with Crippen LogP contribution in [0, 0.1) is 62.2 Å². The van der Waals surface area contributed by atoms with Gasteiger partial charge in [-0.05, 0) is 0 Å². The zero-order chi connectivity index (χ0) is 0.